The lowest BCUT2D eigenvalue weighted by Gasteiger charge is -2.09. The van der Waals surface area contributed by atoms with Gasteiger partial charge in [0, 0.05) is 17.4 Å². The fourth-order valence-electron chi connectivity index (χ4n) is 2.14. The van der Waals surface area contributed by atoms with Gasteiger partial charge in [0.15, 0.2) is 0 Å². The van der Waals surface area contributed by atoms with Crippen LogP contribution in [0.1, 0.15) is 5.56 Å². The molecule has 0 saturated heterocycles. The molecule has 3 N–H and O–H groups in total. The fourth-order valence-corrected chi connectivity index (χ4v) is 2.32. The molecule has 8 heteroatoms. The summed E-state index contributed by atoms with van der Waals surface area (Å²) in [6.07, 6.45) is -2.83. The largest absolute Gasteiger partial charge is 0.416 e. The Bertz CT molecular complexity index is 895. The molecule has 25 heavy (non-hydrogen) atoms. The van der Waals surface area contributed by atoms with Gasteiger partial charge in [-0.3, -0.25) is 0 Å². The van der Waals surface area contributed by atoms with Gasteiger partial charge < -0.3 is 11.1 Å². The summed E-state index contributed by atoms with van der Waals surface area (Å²) in [5.41, 5.74) is 7.22. The molecule has 0 atom stereocenters. The van der Waals surface area contributed by atoms with Gasteiger partial charge in [0.2, 0.25) is 5.95 Å². The predicted molar refractivity (Wildman–Crippen MR) is 91.6 cm³/mol. The van der Waals surface area contributed by atoms with Crippen LogP contribution in [0.5, 0.6) is 0 Å². The highest BCUT2D eigenvalue weighted by Gasteiger charge is 2.29. The van der Waals surface area contributed by atoms with Crippen molar-refractivity contribution < 1.29 is 13.2 Å². The number of aromatic nitrogens is 2. The van der Waals surface area contributed by atoms with Crippen LogP contribution in [0.15, 0.2) is 54.7 Å². The van der Waals surface area contributed by atoms with E-state index in [1.54, 1.807) is 30.5 Å². The minimum Gasteiger partial charge on any atom is -0.398 e. The van der Waals surface area contributed by atoms with E-state index in [1.807, 2.05) is 0 Å². The SMILES string of the molecule is Nc1ccc(-c2ccnc(Nc3ccc(C(F)(F)F)cc3)n2)cc1Cl. The van der Waals surface area contributed by atoms with Gasteiger partial charge in [-0.1, -0.05) is 17.7 Å². The molecule has 128 valence electrons. The Balaban J connectivity index is 1.83. The standard InChI is InChI=1S/C17H12ClF3N4/c18-13-9-10(1-6-14(13)22)15-7-8-23-16(25-15)24-12-4-2-11(3-5-12)17(19,20)21/h1-9H,22H2,(H,23,24,25). The number of anilines is 3. The second kappa shape index (κ2) is 6.60. The van der Waals surface area contributed by atoms with Gasteiger partial charge in [-0.05, 0) is 42.5 Å². The minimum absolute atomic E-state index is 0.255. The molecular formula is C17H12ClF3N4. The van der Waals surface area contributed by atoms with Crippen molar-refractivity contribution in [3.8, 4) is 11.3 Å². The molecule has 0 aliphatic heterocycles. The zero-order chi connectivity index (χ0) is 18.0. The lowest BCUT2D eigenvalue weighted by molar-refractivity contribution is -0.137. The quantitative estimate of drug-likeness (QED) is 0.631. The number of nitrogens with zero attached hydrogens (tertiary/aromatic N) is 2. The second-order valence-electron chi connectivity index (χ2n) is 5.20. The molecule has 0 bridgehead atoms. The van der Waals surface area contributed by atoms with Crippen LogP contribution >= 0.6 is 11.6 Å². The molecule has 0 saturated carbocycles. The third-order valence-electron chi connectivity index (χ3n) is 3.42. The third kappa shape index (κ3) is 4.00. The van der Waals surface area contributed by atoms with E-state index in [0.717, 1.165) is 17.7 Å². The van der Waals surface area contributed by atoms with Crippen molar-refractivity contribution in [2.24, 2.45) is 0 Å². The maximum atomic E-state index is 12.6. The van der Waals surface area contributed by atoms with Crippen molar-refractivity contribution in [3.05, 3.63) is 65.3 Å². The first-order valence-corrected chi connectivity index (χ1v) is 7.53. The number of nitrogens with two attached hydrogens (primary N) is 1. The van der Waals surface area contributed by atoms with E-state index >= 15 is 0 Å². The van der Waals surface area contributed by atoms with E-state index in [9.17, 15) is 13.2 Å². The molecule has 0 unspecified atom stereocenters. The maximum Gasteiger partial charge on any atom is 0.416 e. The number of rotatable bonds is 3. The summed E-state index contributed by atoms with van der Waals surface area (Å²) in [6.45, 7) is 0. The van der Waals surface area contributed by atoms with E-state index in [1.165, 1.54) is 12.1 Å². The molecule has 0 radical (unpaired) electrons. The summed E-state index contributed by atoms with van der Waals surface area (Å²) in [7, 11) is 0. The number of hydrogen-bond donors (Lipinski definition) is 2. The summed E-state index contributed by atoms with van der Waals surface area (Å²) in [5, 5.41) is 3.28. The average molecular weight is 365 g/mol. The van der Waals surface area contributed by atoms with E-state index in [2.05, 4.69) is 15.3 Å². The van der Waals surface area contributed by atoms with E-state index < -0.39 is 11.7 Å². The topological polar surface area (TPSA) is 63.8 Å². The molecule has 1 heterocycles. The van der Waals surface area contributed by atoms with Crippen molar-refractivity contribution in [1.82, 2.24) is 9.97 Å². The molecule has 0 amide bonds. The van der Waals surface area contributed by atoms with Crippen LogP contribution in [-0.4, -0.2) is 9.97 Å². The van der Waals surface area contributed by atoms with Gasteiger partial charge in [0.1, 0.15) is 0 Å². The zero-order valence-corrected chi connectivity index (χ0v) is 13.4. The highest BCUT2D eigenvalue weighted by molar-refractivity contribution is 6.33. The number of hydrogen-bond acceptors (Lipinski definition) is 4. The van der Waals surface area contributed by atoms with Gasteiger partial charge in [0.05, 0.1) is 22.0 Å². The number of halogens is 4. The summed E-state index contributed by atoms with van der Waals surface area (Å²) < 4.78 is 37.7. The van der Waals surface area contributed by atoms with Crippen molar-refractivity contribution in [3.63, 3.8) is 0 Å². The monoisotopic (exact) mass is 364 g/mol. The summed E-state index contributed by atoms with van der Waals surface area (Å²) >= 11 is 6.01. The fraction of sp³-hybridized carbons (Fsp3) is 0.0588. The van der Waals surface area contributed by atoms with E-state index in [-0.39, 0.29) is 5.95 Å². The highest BCUT2D eigenvalue weighted by atomic mass is 35.5. The lowest BCUT2D eigenvalue weighted by atomic mass is 10.1. The number of nitrogen functional groups attached to an aromatic ring is 1. The average Bonchev–Trinajstić information content (AvgIpc) is 2.57. The molecule has 0 aliphatic carbocycles. The molecule has 3 rings (SSSR count). The Morgan fingerprint density at radius 3 is 2.36 bits per heavy atom. The third-order valence-corrected chi connectivity index (χ3v) is 3.75. The van der Waals surface area contributed by atoms with Gasteiger partial charge in [0.25, 0.3) is 0 Å². The number of benzene rings is 2. The summed E-state index contributed by atoms with van der Waals surface area (Å²) in [4.78, 5) is 8.41. The molecule has 3 aromatic rings. The second-order valence-corrected chi connectivity index (χ2v) is 5.61. The Morgan fingerprint density at radius 1 is 1.00 bits per heavy atom. The first-order chi connectivity index (χ1) is 11.8. The highest BCUT2D eigenvalue weighted by Crippen LogP contribution is 2.30. The zero-order valence-electron chi connectivity index (χ0n) is 12.7. The lowest BCUT2D eigenvalue weighted by Crippen LogP contribution is -2.04. The predicted octanol–water partition coefficient (Wildman–Crippen LogP) is 5.14. The molecule has 1 aromatic heterocycles. The van der Waals surface area contributed by atoms with Crippen LogP contribution in [0.2, 0.25) is 5.02 Å². The molecule has 0 spiro atoms. The van der Waals surface area contributed by atoms with Crippen molar-refractivity contribution >= 4 is 28.9 Å². The van der Waals surface area contributed by atoms with E-state index in [0.29, 0.717) is 22.1 Å². The van der Waals surface area contributed by atoms with Gasteiger partial charge in [-0.2, -0.15) is 13.2 Å². The first-order valence-electron chi connectivity index (χ1n) is 7.16. The Labute approximate surface area is 146 Å². The van der Waals surface area contributed by atoms with E-state index in [4.69, 9.17) is 17.3 Å². The normalized spacial score (nSPS) is 11.4. The smallest absolute Gasteiger partial charge is 0.398 e. The maximum absolute atomic E-state index is 12.6. The van der Waals surface area contributed by atoms with Crippen molar-refractivity contribution in [2.75, 3.05) is 11.1 Å². The Hall–Kier alpha value is -2.80. The van der Waals surface area contributed by atoms with Crippen LogP contribution in [0.3, 0.4) is 0 Å². The molecule has 2 aromatic carbocycles. The van der Waals surface area contributed by atoms with Crippen molar-refractivity contribution in [1.29, 1.82) is 0 Å². The van der Waals surface area contributed by atoms with Crippen LogP contribution in [0.25, 0.3) is 11.3 Å². The van der Waals surface area contributed by atoms with Gasteiger partial charge >= 0.3 is 6.18 Å². The Morgan fingerprint density at radius 2 is 1.72 bits per heavy atom. The molecule has 4 nitrogen and oxygen atoms in total. The van der Waals surface area contributed by atoms with Crippen LogP contribution in [-0.2, 0) is 6.18 Å². The van der Waals surface area contributed by atoms with Gasteiger partial charge in [-0.25, -0.2) is 9.97 Å². The molecular weight excluding hydrogens is 353 g/mol. The minimum atomic E-state index is -4.37. The molecule has 0 aliphatic rings. The molecule has 0 fully saturated rings. The summed E-state index contributed by atoms with van der Waals surface area (Å²) in [5.74, 6) is 0.255. The van der Waals surface area contributed by atoms with Crippen LogP contribution < -0.4 is 11.1 Å². The number of alkyl halides is 3. The number of nitrogens with one attached hydrogen (secondary N) is 1. The van der Waals surface area contributed by atoms with Crippen LogP contribution in [0, 0.1) is 0 Å². The Kier molecular flexibility index (Phi) is 4.50. The first kappa shape index (κ1) is 17.0. The van der Waals surface area contributed by atoms with Crippen LogP contribution in [0.4, 0.5) is 30.5 Å². The summed E-state index contributed by atoms with van der Waals surface area (Å²) in [6, 6.07) is 11.4. The van der Waals surface area contributed by atoms with Crippen molar-refractivity contribution in [2.45, 2.75) is 6.18 Å². The van der Waals surface area contributed by atoms with Gasteiger partial charge in [-0.15, -0.1) is 0 Å².